The molecule has 0 saturated carbocycles. The summed E-state index contributed by atoms with van der Waals surface area (Å²) in [5.41, 5.74) is 0.217. The number of hydrogen-bond acceptors (Lipinski definition) is 5. The van der Waals surface area contributed by atoms with Crippen LogP contribution in [0.2, 0.25) is 0 Å². The number of aromatic amines is 1. The van der Waals surface area contributed by atoms with Crippen LogP contribution >= 0.6 is 0 Å². The molecule has 8 nitrogen and oxygen atoms in total. The second-order valence-corrected chi connectivity index (χ2v) is 6.71. The zero-order valence-electron chi connectivity index (χ0n) is 17.7. The van der Waals surface area contributed by atoms with Gasteiger partial charge in [0.05, 0.1) is 11.7 Å². The van der Waals surface area contributed by atoms with Gasteiger partial charge in [0.2, 0.25) is 0 Å². The first-order valence-electron chi connectivity index (χ1n) is 9.37. The van der Waals surface area contributed by atoms with Crippen molar-refractivity contribution < 1.29 is 54.6 Å². The zero-order chi connectivity index (χ0) is 27.3. The Bertz CT molecular complexity index is 1230. The Morgan fingerprint density at radius 3 is 2.19 bits per heavy atom. The molecule has 194 valence electrons. The van der Waals surface area contributed by atoms with Gasteiger partial charge in [-0.3, -0.25) is 9.78 Å². The van der Waals surface area contributed by atoms with Crippen LogP contribution < -0.4 is 10.1 Å². The number of aromatic nitrogens is 3. The predicted octanol–water partition coefficient (Wildman–Crippen LogP) is 4.44. The van der Waals surface area contributed by atoms with E-state index in [1.54, 1.807) is 6.92 Å². The summed E-state index contributed by atoms with van der Waals surface area (Å²) < 4.78 is 101. The number of aryl methyl sites for hydroxylation is 1. The predicted molar refractivity (Wildman–Crippen MR) is 104 cm³/mol. The van der Waals surface area contributed by atoms with Gasteiger partial charge in [-0.1, -0.05) is 6.07 Å². The van der Waals surface area contributed by atoms with E-state index in [0.717, 1.165) is 18.2 Å². The summed E-state index contributed by atoms with van der Waals surface area (Å²) in [7, 11) is 0. The Balaban J connectivity index is 0.000000572. The third kappa shape index (κ3) is 7.92. The minimum absolute atomic E-state index is 0.0498. The van der Waals surface area contributed by atoms with Crippen LogP contribution in [-0.4, -0.2) is 44.5 Å². The largest absolute Gasteiger partial charge is 0.573 e. The number of carboxylic acid groups (broad SMARTS) is 1. The minimum atomic E-state index is -5.08. The molecule has 16 heteroatoms. The van der Waals surface area contributed by atoms with E-state index in [9.17, 15) is 39.9 Å². The molecule has 0 aliphatic carbocycles. The fraction of sp³-hybridized carbons (Fsp3) is 0.200. The number of imidazole rings is 1. The maximum absolute atomic E-state index is 14.3. The smallest absolute Gasteiger partial charge is 0.475 e. The summed E-state index contributed by atoms with van der Waals surface area (Å²) in [5.74, 6) is -6.79. The van der Waals surface area contributed by atoms with E-state index in [-0.39, 0.29) is 17.1 Å². The van der Waals surface area contributed by atoms with E-state index < -0.39 is 47.8 Å². The highest BCUT2D eigenvalue weighted by molar-refractivity contribution is 5.91. The number of carbonyl (C=O) groups is 2. The number of amides is 1. The van der Waals surface area contributed by atoms with Crippen molar-refractivity contribution in [3.05, 3.63) is 77.1 Å². The van der Waals surface area contributed by atoms with Crippen LogP contribution in [-0.2, 0) is 4.79 Å². The maximum Gasteiger partial charge on any atom is 0.573 e. The van der Waals surface area contributed by atoms with Gasteiger partial charge in [0, 0.05) is 12.4 Å². The van der Waals surface area contributed by atoms with Crippen LogP contribution in [0.3, 0.4) is 0 Å². The second-order valence-electron chi connectivity index (χ2n) is 6.71. The number of nitrogens with one attached hydrogen (secondary N) is 2. The molecule has 0 fully saturated rings. The van der Waals surface area contributed by atoms with Crippen molar-refractivity contribution in [3.63, 3.8) is 0 Å². The number of benzene rings is 1. The lowest BCUT2D eigenvalue weighted by atomic mass is 10.0. The fourth-order valence-electron chi connectivity index (χ4n) is 2.55. The van der Waals surface area contributed by atoms with Gasteiger partial charge in [0.1, 0.15) is 11.5 Å². The van der Waals surface area contributed by atoms with Gasteiger partial charge in [-0.15, -0.1) is 13.2 Å². The average Bonchev–Trinajstić information content (AvgIpc) is 3.19. The van der Waals surface area contributed by atoms with E-state index in [0.29, 0.717) is 11.8 Å². The van der Waals surface area contributed by atoms with Crippen LogP contribution in [0.5, 0.6) is 5.75 Å². The number of rotatable bonds is 5. The monoisotopic (exact) mass is 526 g/mol. The van der Waals surface area contributed by atoms with Crippen molar-refractivity contribution in [3.8, 4) is 5.75 Å². The lowest BCUT2D eigenvalue weighted by molar-refractivity contribution is -0.275. The Labute approximate surface area is 195 Å². The van der Waals surface area contributed by atoms with Crippen molar-refractivity contribution in [1.82, 2.24) is 20.3 Å². The fourth-order valence-corrected chi connectivity index (χ4v) is 2.55. The number of pyridine rings is 1. The number of ether oxygens (including phenoxy) is 1. The van der Waals surface area contributed by atoms with Crippen LogP contribution in [0.4, 0.5) is 35.1 Å². The van der Waals surface area contributed by atoms with Gasteiger partial charge in [-0.05, 0) is 36.8 Å². The van der Waals surface area contributed by atoms with Gasteiger partial charge < -0.3 is 20.1 Å². The van der Waals surface area contributed by atoms with Crippen molar-refractivity contribution in [1.29, 1.82) is 0 Å². The van der Waals surface area contributed by atoms with Crippen molar-refractivity contribution >= 4 is 11.9 Å². The van der Waals surface area contributed by atoms with Gasteiger partial charge in [0.15, 0.2) is 17.4 Å². The Kier molecular flexibility index (Phi) is 8.56. The quantitative estimate of drug-likeness (QED) is 0.424. The molecule has 0 radical (unpaired) electrons. The molecule has 0 aliphatic heterocycles. The van der Waals surface area contributed by atoms with Crippen LogP contribution in [0, 0.1) is 18.6 Å². The Hall–Kier alpha value is -4.24. The van der Waals surface area contributed by atoms with Crippen LogP contribution in [0.1, 0.15) is 33.6 Å². The first kappa shape index (κ1) is 28.0. The van der Waals surface area contributed by atoms with Crippen LogP contribution in [0.15, 0.2) is 42.7 Å². The number of aliphatic carboxylic acids is 1. The molecular weight excluding hydrogens is 512 g/mol. The topological polar surface area (TPSA) is 117 Å². The summed E-state index contributed by atoms with van der Waals surface area (Å²) in [6, 6.07) is 3.59. The molecule has 3 N–H and O–H groups in total. The highest BCUT2D eigenvalue weighted by atomic mass is 19.4. The third-order valence-electron chi connectivity index (χ3n) is 4.01. The Morgan fingerprint density at radius 2 is 1.72 bits per heavy atom. The molecule has 1 atom stereocenters. The number of carboxylic acids is 1. The summed E-state index contributed by atoms with van der Waals surface area (Å²) in [6.45, 7) is 1.64. The van der Waals surface area contributed by atoms with Gasteiger partial charge in [-0.2, -0.15) is 13.2 Å². The summed E-state index contributed by atoms with van der Waals surface area (Å²) in [5, 5.41) is 9.58. The summed E-state index contributed by atoms with van der Waals surface area (Å²) >= 11 is 0. The molecular formula is C20H14F8N4O4. The van der Waals surface area contributed by atoms with Gasteiger partial charge >= 0.3 is 18.5 Å². The zero-order valence-corrected chi connectivity index (χ0v) is 17.7. The molecule has 0 aliphatic rings. The normalized spacial score (nSPS) is 12.2. The van der Waals surface area contributed by atoms with Crippen molar-refractivity contribution in [2.75, 3.05) is 0 Å². The molecule has 3 rings (SSSR count). The van der Waals surface area contributed by atoms with Crippen LogP contribution in [0.25, 0.3) is 0 Å². The SMILES string of the molecule is Cc1c[nH]c(C(=O)NC(c2ccc(OC(F)(F)F)c(F)c2)c2ncccc2F)n1.O=C(O)C(F)(F)F. The Morgan fingerprint density at radius 1 is 1.08 bits per heavy atom. The van der Waals surface area contributed by atoms with Gasteiger partial charge in [-0.25, -0.2) is 18.6 Å². The second kappa shape index (κ2) is 11.0. The third-order valence-corrected chi connectivity index (χ3v) is 4.01. The molecule has 1 unspecified atom stereocenters. The highest BCUT2D eigenvalue weighted by Crippen LogP contribution is 2.30. The first-order valence-corrected chi connectivity index (χ1v) is 9.37. The minimum Gasteiger partial charge on any atom is -0.475 e. The molecule has 2 heterocycles. The summed E-state index contributed by atoms with van der Waals surface area (Å²) in [4.78, 5) is 31.8. The molecule has 0 spiro atoms. The van der Waals surface area contributed by atoms with E-state index >= 15 is 0 Å². The lowest BCUT2D eigenvalue weighted by Gasteiger charge is -2.19. The summed E-state index contributed by atoms with van der Waals surface area (Å²) in [6.07, 6.45) is -7.44. The number of alkyl halides is 6. The highest BCUT2D eigenvalue weighted by Gasteiger charge is 2.38. The van der Waals surface area contributed by atoms with Gasteiger partial charge in [0.25, 0.3) is 5.91 Å². The molecule has 3 aromatic rings. The van der Waals surface area contributed by atoms with E-state index in [4.69, 9.17) is 9.90 Å². The molecule has 36 heavy (non-hydrogen) atoms. The number of halogens is 8. The van der Waals surface area contributed by atoms with E-state index in [2.05, 4.69) is 25.0 Å². The van der Waals surface area contributed by atoms with Crippen molar-refractivity contribution in [2.24, 2.45) is 0 Å². The number of H-pyrrole nitrogens is 1. The number of carbonyl (C=O) groups excluding carboxylic acids is 1. The first-order chi connectivity index (χ1) is 16.6. The average molecular weight is 526 g/mol. The molecule has 2 aromatic heterocycles. The van der Waals surface area contributed by atoms with Crippen molar-refractivity contribution in [2.45, 2.75) is 25.5 Å². The molecule has 0 bridgehead atoms. The standard InChI is InChI=1S/C18H13F5N4O2.C2HF3O2/c1-9-8-25-16(26-9)17(28)27-14(15-11(19)3-2-6-24-15)10-4-5-13(12(20)7-10)29-18(21,22)23;3-2(4,5)1(6)7/h2-8,14H,1H3,(H,25,26)(H,27,28);(H,6,7). The molecule has 1 aromatic carbocycles. The molecule has 0 saturated heterocycles. The molecule has 1 amide bonds. The van der Waals surface area contributed by atoms with E-state index in [1.807, 2.05) is 0 Å². The maximum atomic E-state index is 14.3. The number of hydrogen-bond donors (Lipinski definition) is 3. The lowest BCUT2D eigenvalue weighted by Crippen LogP contribution is -2.31. The van der Waals surface area contributed by atoms with E-state index in [1.165, 1.54) is 18.5 Å². The number of nitrogens with zero attached hydrogens (tertiary/aromatic N) is 2.